The lowest BCUT2D eigenvalue weighted by Crippen LogP contribution is -2.32. The van der Waals surface area contributed by atoms with E-state index in [1.807, 2.05) is 19.9 Å². The van der Waals surface area contributed by atoms with Crippen molar-refractivity contribution < 1.29 is 4.74 Å². The first-order valence-electron chi connectivity index (χ1n) is 6.23. The van der Waals surface area contributed by atoms with Gasteiger partial charge in [0.25, 0.3) is 0 Å². The van der Waals surface area contributed by atoms with E-state index in [0.717, 1.165) is 11.1 Å². The Morgan fingerprint density at radius 3 is 2.76 bits per heavy atom. The molecule has 1 heterocycles. The summed E-state index contributed by atoms with van der Waals surface area (Å²) in [6.45, 7) is 4.71. The number of nitrogens with two attached hydrogens (primary N) is 2. The zero-order chi connectivity index (χ0) is 12.4. The van der Waals surface area contributed by atoms with Crippen LogP contribution in [-0.2, 0) is 4.74 Å². The molecule has 0 bridgehead atoms. The Balaban J connectivity index is 2.24. The normalized spacial score (nSPS) is 19.0. The first-order valence-corrected chi connectivity index (χ1v) is 6.23. The predicted molar refractivity (Wildman–Crippen MR) is 68.5 cm³/mol. The van der Waals surface area contributed by atoms with E-state index in [4.69, 9.17) is 16.2 Å². The van der Waals surface area contributed by atoms with E-state index >= 15 is 0 Å². The van der Waals surface area contributed by atoms with Crippen molar-refractivity contribution in [2.45, 2.75) is 38.8 Å². The molecule has 1 fully saturated rings. The van der Waals surface area contributed by atoms with Crippen LogP contribution < -0.4 is 11.5 Å². The maximum absolute atomic E-state index is 6.32. The largest absolute Gasteiger partial charge is 0.383 e. The smallest absolute Gasteiger partial charge is 0.128 e. The highest BCUT2D eigenvalue weighted by atomic mass is 16.5. The van der Waals surface area contributed by atoms with Crippen LogP contribution in [0.5, 0.6) is 0 Å². The van der Waals surface area contributed by atoms with Crippen LogP contribution in [0.3, 0.4) is 0 Å². The Labute approximate surface area is 102 Å². The van der Waals surface area contributed by atoms with Gasteiger partial charge in [0.2, 0.25) is 0 Å². The van der Waals surface area contributed by atoms with Crippen LogP contribution in [0.1, 0.15) is 36.9 Å². The Hall–Kier alpha value is -1.13. The van der Waals surface area contributed by atoms with Gasteiger partial charge in [0, 0.05) is 18.4 Å². The second-order valence-corrected chi connectivity index (χ2v) is 4.71. The van der Waals surface area contributed by atoms with E-state index in [-0.39, 0.29) is 12.1 Å². The molecule has 1 aromatic rings. The molecule has 0 spiro atoms. The zero-order valence-electron chi connectivity index (χ0n) is 10.5. The lowest BCUT2D eigenvalue weighted by atomic mass is 9.96. The van der Waals surface area contributed by atoms with Crippen LogP contribution in [0.2, 0.25) is 0 Å². The van der Waals surface area contributed by atoms with E-state index in [2.05, 4.69) is 4.98 Å². The number of nitrogen functional groups attached to an aromatic ring is 1. The van der Waals surface area contributed by atoms with Crippen LogP contribution in [0.25, 0.3) is 0 Å². The minimum atomic E-state index is -0.170. The number of anilines is 1. The third-order valence-corrected chi connectivity index (χ3v) is 3.37. The van der Waals surface area contributed by atoms with Gasteiger partial charge in [-0.15, -0.1) is 0 Å². The summed E-state index contributed by atoms with van der Waals surface area (Å²) in [5, 5.41) is 0. The van der Waals surface area contributed by atoms with Crippen molar-refractivity contribution in [1.29, 1.82) is 0 Å². The molecule has 0 aromatic carbocycles. The molecule has 0 amide bonds. The third-order valence-electron chi connectivity index (χ3n) is 3.37. The molecule has 1 aromatic heterocycles. The quantitative estimate of drug-likeness (QED) is 0.816. The first kappa shape index (κ1) is 12.3. The molecule has 17 heavy (non-hydrogen) atoms. The van der Waals surface area contributed by atoms with E-state index in [0.29, 0.717) is 18.3 Å². The fourth-order valence-corrected chi connectivity index (χ4v) is 2.34. The Kier molecular flexibility index (Phi) is 3.64. The van der Waals surface area contributed by atoms with Crippen molar-refractivity contribution >= 4 is 5.82 Å². The van der Waals surface area contributed by atoms with E-state index in [1.54, 1.807) is 6.20 Å². The van der Waals surface area contributed by atoms with Gasteiger partial charge >= 0.3 is 0 Å². The Morgan fingerprint density at radius 1 is 1.53 bits per heavy atom. The van der Waals surface area contributed by atoms with Crippen molar-refractivity contribution in [2.24, 2.45) is 11.7 Å². The van der Waals surface area contributed by atoms with Crippen molar-refractivity contribution in [2.75, 3.05) is 12.3 Å². The predicted octanol–water partition coefficient (Wildman–Crippen LogP) is 1.79. The summed E-state index contributed by atoms with van der Waals surface area (Å²) in [4.78, 5) is 4.13. The third kappa shape index (κ3) is 2.58. The van der Waals surface area contributed by atoms with Crippen molar-refractivity contribution in [3.8, 4) is 0 Å². The summed E-state index contributed by atoms with van der Waals surface area (Å²) in [6.07, 6.45) is 4.20. The van der Waals surface area contributed by atoms with Crippen LogP contribution in [0.15, 0.2) is 12.3 Å². The monoisotopic (exact) mass is 235 g/mol. The Morgan fingerprint density at radius 2 is 2.24 bits per heavy atom. The summed E-state index contributed by atoms with van der Waals surface area (Å²) in [7, 11) is 0. The van der Waals surface area contributed by atoms with Gasteiger partial charge in [-0.05, 0) is 44.2 Å². The van der Waals surface area contributed by atoms with Gasteiger partial charge in [-0.1, -0.05) is 0 Å². The molecule has 2 atom stereocenters. The first-order chi connectivity index (χ1) is 8.15. The van der Waals surface area contributed by atoms with Crippen LogP contribution in [0, 0.1) is 12.8 Å². The summed E-state index contributed by atoms with van der Waals surface area (Å²) in [5.41, 5.74) is 14.3. The van der Waals surface area contributed by atoms with E-state index in [9.17, 15) is 0 Å². The number of pyridine rings is 1. The fraction of sp³-hybridized carbons (Fsp3) is 0.615. The second-order valence-electron chi connectivity index (χ2n) is 4.71. The van der Waals surface area contributed by atoms with Gasteiger partial charge in [0.1, 0.15) is 5.82 Å². The lowest BCUT2D eigenvalue weighted by Gasteiger charge is -2.25. The van der Waals surface area contributed by atoms with Crippen molar-refractivity contribution in [3.63, 3.8) is 0 Å². The Bertz CT molecular complexity index is 370. The highest BCUT2D eigenvalue weighted by molar-refractivity contribution is 5.46. The van der Waals surface area contributed by atoms with Gasteiger partial charge in [-0.2, -0.15) is 0 Å². The molecule has 2 unspecified atom stereocenters. The highest BCUT2D eigenvalue weighted by Crippen LogP contribution is 2.40. The SMILES string of the molecule is CCOC(C1CC1)C(N)c1c(C)ccnc1N. The summed E-state index contributed by atoms with van der Waals surface area (Å²) in [5.74, 6) is 1.12. The second kappa shape index (κ2) is 5.02. The zero-order valence-corrected chi connectivity index (χ0v) is 10.5. The number of hydrogen-bond donors (Lipinski definition) is 2. The molecule has 1 aliphatic rings. The molecule has 1 aliphatic carbocycles. The highest BCUT2D eigenvalue weighted by Gasteiger charge is 2.37. The van der Waals surface area contributed by atoms with Crippen LogP contribution in [0.4, 0.5) is 5.82 Å². The fourth-order valence-electron chi connectivity index (χ4n) is 2.34. The van der Waals surface area contributed by atoms with Crippen molar-refractivity contribution in [3.05, 3.63) is 23.4 Å². The minimum absolute atomic E-state index is 0.0743. The lowest BCUT2D eigenvalue weighted by molar-refractivity contribution is 0.0282. The summed E-state index contributed by atoms with van der Waals surface area (Å²) in [6, 6.07) is 1.78. The van der Waals surface area contributed by atoms with E-state index in [1.165, 1.54) is 12.8 Å². The van der Waals surface area contributed by atoms with Crippen LogP contribution in [-0.4, -0.2) is 17.7 Å². The molecule has 2 rings (SSSR count). The molecule has 0 radical (unpaired) electrons. The van der Waals surface area contributed by atoms with Crippen molar-refractivity contribution in [1.82, 2.24) is 4.98 Å². The summed E-state index contributed by atoms with van der Waals surface area (Å²) >= 11 is 0. The number of rotatable bonds is 5. The van der Waals surface area contributed by atoms with Gasteiger partial charge < -0.3 is 16.2 Å². The average Bonchev–Trinajstić information content (AvgIpc) is 3.09. The number of nitrogens with zero attached hydrogens (tertiary/aromatic N) is 1. The standard InChI is InChI=1S/C13H21N3O/c1-3-17-12(9-4-5-9)11(14)10-8(2)6-7-16-13(10)15/h6-7,9,11-12H,3-5,14H2,1-2H3,(H2,15,16). The molecule has 4 N–H and O–H groups in total. The molecule has 94 valence electrons. The van der Waals surface area contributed by atoms with Gasteiger partial charge in [-0.3, -0.25) is 0 Å². The van der Waals surface area contributed by atoms with Crippen LogP contribution >= 0.6 is 0 Å². The number of aryl methyl sites for hydroxylation is 1. The number of ether oxygens (including phenoxy) is 1. The number of hydrogen-bond acceptors (Lipinski definition) is 4. The molecule has 4 heteroatoms. The maximum Gasteiger partial charge on any atom is 0.128 e. The maximum atomic E-state index is 6.32. The minimum Gasteiger partial charge on any atom is -0.383 e. The molecule has 4 nitrogen and oxygen atoms in total. The molecule has 0 saturated heterocycles. The summed E-state index contributed by atoms with van der Waals surface area (Å²) < 4.78 is 5.78. The molecule has 1 saturated carbocycles. The average molecular weight is 235 g/mol. The number of aromatic nitrogens is 1. The molecular formula is C13H21N3O. The van der Waals surface area contributed by atoms with Gasteiger partial charge in [0.15, 0.2) is 0 Å². The van der Waals surface area contributed by atoms with E-state index < -0.39 is 0 Å². The molecular weight excluding hydrogens is 214 g/mol. The topological polar surface area (TPSA) is 74.2 Å². The van der Waals surface area contributed by atoms with Gasteiger partial charge in [0.05, 0.1) is 12.1 Å². The van der Waals surface area contributed by atoms with Gasteiger partial charge in [-0.25, -0.2) is 4.98 Å². The molecule has 0 aliphatic heterocycles.